The van der Waals surface area contributed by atoms with Crippen molar-refractivity contribution in [2.24, 2.45) is 0 Å². The van der Waals surface area contributed by atoms with Gasteiger partial charge in [-0.3, -0.25) is 4.79 Å². The molecule has 0 aliphatic carbocycles. The summed E-state index contributed by atoms with van der Waals surface area (Å²) in [6.07, 6.45) is 0.568. The second-order valence-corrected chi connectivity index (χ2v) is 7.22. The van der Waals surface area contributed by atoms with Gasteiger partial charge in [0.2, 0.25) is 5.95 Å². The molecule has 0 atom stereocenters. The summed E-state index contributed by atoms with van der Waals surface area (Å²) in [6, 6.07) is 14.6. The van der Waals surface area contributed by atoms with Gasteiger partial charge in [0.15, 0.2) is 5.78 Å². The fourth-order valence-corrected chi connectivity index (χ4v) is 4.12. The molecular formula is C21H22N4O. The average Bonchev–Trinajstić information content (AvgIpc) is 3.05. The number of rotatable bonds is 2. The maximum atomic E-state index is 12.2. The van der Waals surface area contributed by atoms with E-state index in [0.717, 1.165) is 55.3 Å². The highest BCUT2D eigenvalue weighted by Crippen LogP contribution is 2.31. The molecule has 3 heterocycles. The molecule has 0 radical (unpaired) electrons. The van der Waals surface area contributed by atoms with Crippen molar-refractivity contribution in [1.82, 2.24) is 9.55 Å². The van der Waals surface area contributed by atoms with Crippen LogP contribution in [0.4, 0.5) is 11.6 Å². The first-order chi connectivity index (χ1) is 12.7. The molecule has 0 spiro atoms. The van der Waals surface area contributed by atoms with E-state index in [2.05, 4.69) is 45.6 Å². The molecule has 2 aliphatic rings. The van der Waals surface area contributed by atoms with Crippen LogP contribution in [0, 0.1) is 6.92 Å². The molecule has 0 bridgehead atoms. The summed E-state index contributed by atoms with van der Waals surface area (Å²) >= 11 is 0. The third-order valence-electron chi connectivity index (χ3n) is 5.57. The summed E-state index contributed by atoms with van der Waals surface area (Å²) in [4.78, 5) is 21.9. The number of imidazole rings is 1. The molecule has 0 amide bonds. The van der Waals surface area contributed by atoms with E-state index in [0.29, 0.717) is 6.42 Å². The lowest BCUT2D eigenvalue weighted by Crippen LogP contribution is -2.47. The Balaban J connectivity index is 1.42. The van der Waals surface area contributed by atoms with Crippen molar-refractivity contribution in [2.75, 3.05) is 36.0 Å². The van der Waals surface area contributed by atoms with Crippen LogP contribution in [0.25, 0.3) is 11.0 Å². The molecule has 2 aliphatic heterocycles. The number of ketones is 1. The molecule has 26 heavy (non-hydrogen) atoms. The van der Waals surface area contributed by atoms with Gasteiger partial charge in [-0.2, -0.15) is 0 Å². The fourth-order valence-electron chi connectivity index (χ4n) is 4.12. The number of para-hydroxylation sites is 1. The number of aromatic nitrogens is 2. The number of aryl methyl sites for hydroxylation is 2. The van der Waals surface area contributed by atoms with Crippen molar-refractivity contribution in [3.63, 3.8) is 0 Å². The van der Waals surface area contributed by atoms with Gasteiger partial charge in [-0.1, -0.05) is 23.8 Å². The van der Waals surface area contributed by atoms with Gasteiger partial charge in [0.1, 0.15) is 0 Å². The summed E-state index contributed by atoms with van der Waals surface area (Å²) in [5, 5.41) is 0. The maximum Gasteiger partial charge on any atom is 0.206 e. The van der Waals surface area contributed by atoms with Crippen molar-refractivity contribution in [1.29, 1.82) is 0 Å². The minimum atomic E-state index is 0.235. The van der Waals surface area contributed by atoms with Gasteiger partial charge in [0.25, 0.3) is 0 Å². The zero-order valence-electron chi connectivity index (χ0n) is 15.0. The minimum Gasteiger partial charge on any atom is -0.368 e. The molecule has 5 nitrogen and oxygen atoms in total. The summed E-state index contributed by atoms with van der Waals surface area (Å²) in [5.74, 6) is 1.25. The van der Waals surface area contributed by atoms with Crippen LogP contribution in [0.5, 0.6) is 0 Å². The third kappa shape index (κ3) is 2.38. The highest BCUT2D eigenvalue weighted by Gasteiger charge is 2.27. The first-order valence-electron chi connectivity index (χ1n) is 9.30. The minimum absolute atomic E-state index is 0.235. The van der Waals surface area contributed by atoms with Crippen molar-refractivity contribution >= 4 is 28.5 Å². The second kappa shape index (κ2) is 5.87. The molecule has 1 aromatic heterocycles. The van der Waals surface area contributed by atoms with Crippen LogP contribution in [0.3, 0.4) is 0 Å². The number of piperazine rings is 1. The van der Waals surface area contributed by atoms with E-state index < -0.39 is 0 Å². The molecule has 1 saturated heterocycles. The fraction of sp³-hybridized carbons (Fsp3) is 0.333. The first-order valence-corrected chi connectivity index (χ1v) is 9.30. The Hall–Kier alpha value is -2.82. The van der Waals surface area contributed by atoms with E-state index in [1.807, 2.05) is 18.2 Å². The predicted molar refractivity (Wildman–Crippen MR) is 104 cm³/mol. The lowest BCUT2D eigenvalue weighted by molar-refractivity contribution is 0.0973. The zero-order valence-corrected chi connectivity index (χ0v) is 15.0. The normalized spacial score (nSPS) is 17.2. The Morgan fingerprint density at radius 2 is 1.62 bits per heavy atom. The Bertz CT molecular complexity index is 981. The maximum absolute atomic E-state index is 12.2. The van der Waals surface area contributed by atoms with Gasteiger partial charge in [0.05, 0.1) is 11.0 Å². The van der Waals surface area contributed by atoms with Crippen LogP contribution < -0.4 is 9.80 Å². The smallest absolute Gasteiger partial charge is 0.206 e. The van der Waals surface area contributed by atoms with Crippen LogP contribution in [0.1, 0.15) is 22.3 Å². The largest absolute Gasteiger partial charge is 0.368 e. The Kier molecular flexibility index (Phi) is 3.48. The summed E-state index contributed by atoms with van der Waals surface area (Å²) in [7, 11) is 0. The van der Waals surface area contributed by atoms with Gasteiger partial charge < -0.3 is 14.4 Å². The first kappa shape index (κ1) is 15.4. The molecule has 132 valence electrons. The summed E-state index contributed by atoms with van der Waals surface area (Å²) in [5.41, 5.74) is 5.36. The topological polar surface area (TPSA) is 41.4 Å². The van der Waals surface area contributed by atoms with E-state index in [9.17, 15) is 4.79 Å². The van der Waals surface area contributed by atoms with E-state index in [1.54, 1.807) is 0 Å². The number of carbonyl (C=O) groups excluding carboxylic acids is 1. The number of hydrogen-bond donors (Lipinski definition) is 0. The average molecular weight is 346 g/mol. The Labute approximate surface area is 152 Å². The highest BCUT2D eigenvalue weighted by atomic mass is 16.1. The van der Waals surface area contributed by atoms with Crippen LogP contribution in [0.2, 0.25) is 0 Å². The molecule has 3 aromatic rings. The van der Waals surface area contributed by atoms with Crippen molar-refractivity contribution in [3.8, 4) is 0 Å². The van der Waals surface area contributed by atoms with E-state index in [-0.39, 0.29) is 5.78 Å². The quantitative estimate of drug-likeness (QED) is 0.714. The standard InChI is InChI=1S/C21H22N4O/c1-15-5-7-16(8-6-15)23-11-13-24(14-12-23)21-22-18-4-2-3-17-19(26)9-10-25(21)20(17)18/h2-8H,9-14H2,1H3. The molecule has 0 saturated carbocycles. The van der Waals surface area contributed by atoms with Crippen LogP contribution >= 0.6 is 0 Å². The van der Waals surface area contributed by atoms with Crippen LogP contribution in [-0.2, 0) is 6.54 Å². The van der Waals surface area contributed by atoms with E-state index in [4.69, 9.17) is 4.98 Å². The summed E-state index contributed by atoms with van der Waals surface area (Å²) in [6.45, 7) is 6.71. The van der Waals surface area contributed by atoms with Crippen LogP contribution in [-0.4, -0.2) is 41.5 Å². The number of Topliss-reactive ketones (excluding diaryl/α,β-unsaturated/α-hetero) is 1. The van der Waals surface area contributed by atoms with Gasteiger partial charge >= 0.3 is 0 Å². The number of nitrogens with zero attached hydrogens (tertiary/aromatic N) is 4. The molecule has 0 unspecified atom stereocenters. The number of hydrogen-bond acceptors (Lipinski definition) is 4. The van der Waals surface area contributed by atoms with Crippen LogP contribution in [0.15, 0.2) is 42.5 Å². The van der Waals surface area contributed by atoms with Crippen molar-refractivity contribution in [2.45, 2.75) is 19.9 Å². The third-order valence-corrected chi connectivity index (χ3v) is 5.57. The van der Waals surface area contributed by atoms with Crippen molar-refractivity contribution in [3.05, 3.63) is 53.6 Å². The Morgan fingerprint density at radius 3 is 2.38 bits per heavy atom. The molecule has 0 N–H and O–H groups in total. The summed E-state index contributed by atoms with van der Waals surface area (Å²) < 4.78 is 2.24. The van der Waals surface area contributed by atoms with Gasteiger partial charge in [-0.15, -0.1) is 0 Å². The van der Waals surface area contributed by atoms with E-state index in [1.165, 1.54) is 11.3 Å². The van der Waals surface area contributed by atoms with Gasteiger partial charge in [0, 0.05) is 50.4 Å². The molecule has 2 aromatic carbocycles. The SMILES string of the molecule is Cc1ccc(N2CCN(c3nc4cccc5c4n3CCC5=O)CC2)cc1. The second-order valence-electron chi connectivity index (χ2n) is 7.22. The molecular weight excluding hydrogens is 324 g/mol. The number of anilines is 2. The molecule has 5 rings (SSSR count). The Morgan fingerprint density at radius 1 is 0.885 bits per heavy atom. The number of benzene rings is 2. The van der Waals surface area contributed by atoms with Gasteiger partial charge in [-0.05, 0) is 31.2 Å². The molecule has 5 heteroatoms. The van der Waals surface area contributed by atoms with Gasteiger partial charge in [-0.25, -0.2) is 4.98 Å². The zero-order chi connectivity index (χ0) is 17.7. The van der Waals surface area contributed by atoms with E-state index >= 15 is 0 Å². The molecule has 1 fully saturated rings. The highest BCUT2D eigenvalue weighted by molar-refractivity contribution is 6.08. The predicted octanol–water partition coefficient (Wildman–Crippen LogP) is 3.26. The number of carbonyl (C=O) groups is 1. The monoisotopic (exact) mass is 346 g/mol. The van der Waals surface area contributed by atoms with Crippen molar-refractivity contribution < 1.29 is 4.79 Å². The lowest BCUT2D eigenvalue weighted by atomic mass is 10.0. The lowest BCUT2D eigenvalue weighted by Gasteiger charge is -2.37.